The van der Waals surface area contributed by atoms with E-state index in [1.165, 1.54) is 12.8 Å². The Balaban J connectivity index is 1.82. The molecule has 1 aliphatic carbocycles. The Morgan fingerprint density at radius 3 is 2.86 bits per heavy atom. The van der Waals surface area contributed by atoms with Crippen LogP contribution in [-0.2, 0) is 0 Å². The first-order valence-electron chi connectivity index (χ1n) is 4.99. The van der Waals surface area contributed by atoms with Gasteiger partial charge in [0.25, 0.3) is 0 Å². The van der Waals surface area contributed by atoms with Crippen molar-refractivity contribution in [3.05, 3.63) is 17.3 Å². The number of anilines is 1. The SMILES string of the molecule is CC(CNc1ccc(Cl)nn1)C1CC1. The second-order valence-corrected chi connectivity index (χ2v) is 4.32. The van der Waals surface area contributed by atoms with Crippen molar-refractivity contribution in [1.29, 1.82) is 0 Å². The zero-order chi connectivity index (χ0) is 9.97. The topological polar surface area (TPSA) is 37.8 Å². The second-order valence-electron chi connectivity index (χ2n) is 3.94. The largest absolute Gasteiger partial charge is 0.368 e. The molecule has 0 bridgehead atoms. The molecular formula is C10H14ClN3. The minimum atomic E-state index is 0.436. The fourth-order valence-electron chi connectivity index (χ4n) is 1.51. The summed E-state index contributed by atoms with van der Waals surface area (Å²) in [4.78, 5) is 0. The average molecular weight is 212 g/mol. The van der Waals surface area contributed by atoms with Crippen LogP contribution in [0.5, 0.6) is 0 Å². The zero-order valence-corrected chi connectivity index (χ0v) is 8.96. The third kappa shape index (κ3) is 2.58. The Kier molecular flexibility index (Phi) is 2.87. The maximum Gasteiger partial charge on any atom is 0.151 e. The van der Waals surface area contributed by atoms with Crippen LogP contribution < -0.4 is 5.32 Å². The van der Waals surface area contributed by atoms with Gasteiger partial charge in [-0.25, -0.2) is 0 Å². The predicted octanol–water partition coefficient (Wildman–Crippen LogP) is 2.59. The summed E-state index contributed by atoms with van der Waals surface area (Å²) in [6.45, 7) is 3.25. The molecule has 1 unspecified atom stereocenters. The van der Waals surface area contributed by atoms with Crippen molar-refractivity contribution in [2.24, 2.45) is 11.8 Å². The highest BCUT2D eigenvalue weighted by molar-refractivity contribution is 6.29. The molecule has 1 heterocycles. The molecule has 1 fully saturated rings. The van der Waals surface area contributed by atoms with Crippen LogP contribution in [0.1, 0.15) is 19.8 Å². The van der Waals surface area contributed by atoms with Crippen molar-refractivity contribution in [2.45, 2.75) is 19.8 Å². The minimum absolute atomic E-state index is 0.436. The first-order chi connectivity index (χ1) is 6.75. The van der Waals surface area contributed by atoms with Gasteiger partial charge in [0.2, 0.25) is 0 Å². The summed E-state index contributed by atoms with van der Waals surface area (Å²) >= 11 is 5.63. The summed E-state index contributed by atoms with van der Waals surface area (Å²) in [5.41, 5.74) is 0. The molecule has 0 spiro atoms. The van der Waals surface area contributed by atoms with E-state index >= 15 is 0 Å². The summed E-state index contributed by atoms with van der Waals surface area (Å²) < 4.78 is 0. The molecule has 3 nitrogen and oxygen atoms in total. The van der Waals surface area contributed by atoms with Gasteiger partial charge in [0, 0.05) is 6.54 Å². The fourth-order valence-corrected chi connectivity index (χ4v) is 1.61. The van der Waals surface area contributed by atoms with Crippen molar-refractivity contribution in [3.63, 3.8) is 0 Å². The van der Waals surface area contributed by atoms with Gasteiger partial charge in [-0.05, 0) is 36.8 Å². The zero-order valence-electron chi connectivity index (χ0n) is 8.20. The van der Waals surface area contributed by atoms with Gasteiger partial charge in [-0.2, -0.15) is 0 Å². The van der Waals surface area contributed by atoms with Crippen molar-refractivity contribution >= 4 is 17.4 Å². The van der Waals surface area contributed by atoms with E-state index < -0.39 is 0 Å². The quantitative estimate of drug-likeness (QED) is 0.832. The molecule has 2 rings (SSSR count). The van der Waals surface area contributed by atoms with Crippen LogP contribution in [0.4, 0.5) is 5.82 Å². The van der Waals surface area contributed by atoms with Crippen molar-refractivity contribution in [1.82, 2.24) is 10.2 Å². The van der Waals surface area contributed by atoms with Gasteiger partial charge in [0.05, 0.1) is 0 Å². The van der Waals surface area contributed by atoms with E-state index in [1.807, 2.05) is 6.07 Å². The molecule has 0 radical (unpaired) electrons. The second kappa shape index (κ2) is 4.13. The smallest absolute Gasteiger partial charge is 0.151 e. The van der Waals surface area contributed by atoms with E-state index in [0.29, 0.717) is 5.15 Å². The molecule has 76 valence electrons. The van der Waals surface area contributed by atoms with Crippen molar-refractivity contribution in [3.8, 4) is 0 Å². The van der Waals surface area contributed by atoms with Gasteiger partial charge in [-0.3, -0.25) is 0 Å². The number of halogens is 1. The Hall–Kier alpha value is -0.830. The molecule has 1 aromatic rings. The molecule has 1 aliphatic rings. The van der Waals surface area contributed by atoms with Crippen LogP contribution in [0, 0.1) is 11.8 Å². The highest BCUT2D eigenvalue weighted by Gasteiger charge is 2.27. The van der Waals surface area contributed by atoms with E-state index in [2.05, 4.69) is 22.4 Å². The predicted molar refractivity (Wildman–Crippen MR) is 57.4 cm³/mol. The van der Waals surface area contributed by atoms with Gasteiger partial charge in [0.1, 0.15) is 5.82 Å². The number of aromatic nitrogens is 2. The standard InChI is InChI=1S/C10H14ClN3/c1-7(8-2-3-8)6-12-10-5-4-9(11)13-14-10/h4-5,7-8H,2-3,6H2,1H3,(H,12,14). The maximum atomic E-state index is 5.63. The Bertz CT molecular complexity index is 295. The third-order valence-electron chi connectivity index (χ3n) is 2.66. The molecular weight excluding hydrogens is 198 g/mol. The van der Waals surface area contributed by atoms with Crippen LogP contribution in [0.15, 0.2) is 12.1 Å². The van der Waals surface area contributed by atoms with Crippen molar-refractivity contribution in [2.75, 3.05) is 11.9 Å². The maximum absolute atomic E-state index is 5.63. The third-order valence-corrected chi connectivity index (χ3v) is 2.87. The first kappa shape index (κ1) is 9.71. The summed E-state index contributed by atoms with van der Waals surface area (Å²) in [5, 5.41) is 11.4. The molecule has 0 amide bonds. The van der Waals surface area contributed by atoms with Gasteiger partial charge in [-0.1, -0.05) is 18.5 Å². The Morgan fingerprint density at radius 2 is 2.29 bits per heavy atom. The molecule has 1 saturated carbocycles. The number of nitrogens with one attached hydrogen (secondary N) is 1. The summed E-state index contributed by atoms with van der Waals surface area (Å²) in [7, 11) is 0. The first-order valence-corrected chi connectivity index (χ1v) is 5.36. The molecule has 4 heteroatoms. The minimum Gasteiger partial charge on any atom is -0.368 e. The Labute approximate surface area is 88.9 Å². The molecule has 1 aromatic heterocycles. The van der Waals surface area contributed by atoms with E-state index in [0.717, 1.165) is 24.2 Å². The number of hydrogen-bond donors (Lipinski definition) is 1. The lowest BCUT2D eigenvalue weighted by molar-refractivity contribution is 0.535. The van der Waals surface area contributed by atoms with E-state index in [9.17, 15) is 0 Å². The average Bonchev–Trinajstić information content (AvgIpc) is 3.00. The highest BCUT2D eigenvalue weighted by atomic mass is 35.5. The monoisotopic (exact) mass is 211 g/mol. The van der Waals surface area contributed by atoms with Gasteiger partial charge in [-0.15, -0.1) is 10.2 Å². The number of hydrogen-bond acceptors (Lipinski definition) is 3. The molecule has 0 aliphatic heterocycles. The van der Waals surface area contributed by atoms with Gasteiger partial charge < -0.3 is 5.32 Å². The number of rotatable bonds is 4. The van der Waals surface area contributed by atoms with Crippen LogP contribution >= 0.6 is 11.6 Å². The van der Waals surface area contributed by atoms with Gasteiger partial charge in [0.15, 0.2) is 5.15 Å². The van der Waals surface area contributed by atoms with E-state index in [1.54, 1.807) is 6.07 Å². The molecule has 1 N–H and O–H groups in total. The van der Waals surface area contributed by atoms with Crippen molar-refractivity contribution < 1.29 is 0 Å². The van der Waals surface area contributed by atoms with Gasteiger partial charge >= 0.3 is 0 Å². The van der Waals surface area contributed by atoms with Crippen LogP contribution in [0.3, 0.4) is 0 Å². The molecule has 14 heavy (non-hydrogen) atoms. The fraction of sp³-hybridized carbons (Fsp3) is 0.600. The summed E-state index contributed by atoms with van der Waals surface area (Å²) in [6, 6.07) is 3.60. The molecule has 1 atom stereocenters. The Morgan fingerprint density at radius 1 is 1.50 bits per heavy atom. The summed E-state index contributed by atoms with van der Waals surface area (Å²) in [6.07, 6.45) is 2.77. The lowest BCUT2D eigenvalue weighted by atomic mass is 10.1. The molecule has 0 saturated heterocycles. The lowest BCUT2D eigenvalue weighted by Gasteiger charge is -2.10. The summed E-state index contributed by atoms with van der Waals surface area (Å²) in [5.74, 6) is 2.46. The van der Waals surface area contributed by atoms with Crippen LogP contribution in [0.25, 0.3) is 0 Å². The normalized spacial score (nSPS) is 17.9. The van der Waals surface area contributed by atoms with Crippen LogP contribution in [-0.4, -0.2) is 16.7 Å². The van der Waals surface area contributed by atoms with E-state index in [4.69, 9.17) is 11.6 Å². The highest BCUT2D eigenvalue weighted by Crippen LogP contribution is 2.36. The molecule has 0 aromatic carbocycles. The number of nitrogens with zero attached hydrogens (tertiary/aromatic N) is 2. The lowest BCUT2D eigenvalue weighted by Crippen LogP contribution is -2.13. The van der Waals surface area contributed by atoms with E-state index in [-0.39, 0.29) is 0 Å². The van der Waals surface area contributed by atoms with Crippen LogP contribution in [0.2, 0.25) is 5.15 Å².